The average molecular weight is 295 g/mol. The highest BCUT2D eigenvalue weighted by Gasteiger charge is 2.09. The van der Waals surface area contributed by atoms with Gasteiger partial charge in [0, 0.05) is 13.1 Å². The molecule has 0 aromatic heterocycles. The predicted molar refractivity (Wildman–Crippen MR) is 84.0 cm³/mol. The molecule has 19 heavy (non-hydrogen) atoms. The van der Waals surface area contributed by atoms with Crippen molar-refractivity contribution >= 4 is 34.6 Å². The van der Waals surface area contributed by atoms with Gasteiger partial charge < -0.3 is 10.6 Å². The van der Waals surface area contributed by atoms with Gasteiger partial charge in [-0.2, -0.15) is 0 Å². The molecule has 0 atom stereocenters. The Kier molecular flexibility index (Phi) is 4.56. The van der Waals surface area contributed by atoms with E-state index < -0.39 is 0 Å². The minimum Gasteiger partial charge on any atom is -0.397 e. The Morgan fingerprint density at radius 1 is 1.05 bits per heavy atom. The number of nitrogen functional groups attached to an aromatic ring is 1. The SMILES string of the molecule is CCN(Cc1ccc(Cl)c(Cl)c1)c1ccccc1N. The monoisotopic (exact) mass is 294 g/mol. The van der Waals surface area contributed by atoms with Gasteiger partial charge in [0.1, 0.15) is 0 Å². The third-order valence-electron chi connectivity index (χ3n) is 3.02. The summed E-state index contributed by atoms with van der Waals surface area (Å²) < 4.78 is 0. The molecule has 0 unspecified atom stereocenters. The molecule has 0 spiro atoms. The minimum absolute atomic E-state index is 0.577. The maximum Gasteiger partial charge on any atom is 0.0602 e. The van der Waals surface area contributed by atoms with E-state index in [9.17, 15) is 0 Å². The molecule has 0 heterocycles. The second-order valence-corrected chi connectivity index (χ2v) is 5.14. The first kappa shape index (κ1) is 14.0. The highest BCUT2D eigenvalue weighted by molar-refractivity contribution is 6.42. The Hall–Kier alpha value is -1.38. The fourth-order valence-corrected chi connectivity index (χ4v) is 2.32. The molecule has 0 aliphatic heterocycles. The molecule has 0 aliphatic carbocycles. The molecule has 0 bridgehead atoms. The third-order valence-corrected chi connectivity index (χ3v) is 3.76. The van der Waals surface area contributed by atoms with Crippen LogP contribution in [-0.4, -0.2) is 6.54 Å². The van der Waals surface area contributed by atoms with Crippen LogP contribution in [0.3, 0.4) is 0 Å². The summed E-state index contributed by atoms with van der Waals surface area (Å²) in [7, 11) is 0. The largest absolute Gasteiger partial charge is 0.397 e. The number of nitrogens with zero attached hydrogens (tertiary/aromatic N) is 1. The van der Waals surface area contributed by atoms with E-state index in [2.05, 4.69) is 11.8 Å². The van der Waals surface area contributed by atoms with Crippen LogP contribution in [0.2, 0.25) is 10.0 Å². The number of anilines is 2. The molecule has 4 heteroatoms. The fourth-order valence-electron chi connectivity index (χ4n) is 2.00. The smallest absolute Gasteiger partial charge is 0.0602 e. The number of hydrogen-bond acceptors (Lipinski definition) is 2. The van der Waals surface area contributed by atoms with E-state index >= 15 is 0 Å². The van der Waals surface area contributed by atoms with Crippen molar-refractivity contribution in [1.82, 2.24) is 0 Å². The molecule has 2 aromatic rings. The maximum atomic E-state index is 6.04. The zero-order valence-electron chi connectivity index (χ0n) is 10.7. The fraction of sp³-hybridized carbons (Fsp3) is 0.200. The van der Waals surface area contributed by atoms with Crippen molar-refractivity contribution in [1.29, 1.82) is 0 Å². The van der Waals surface area contributed by atoms with Gasteiger partial charge in [-0.15, -0.1) is 0 Å². The first-order valence-electron chi connectivity index (χ1n) is 6.15. The molecular weight excluding hydrogens is 279 g/mol. The Labute approximate surface area is 123 Å². The van der Waals surface area contributed by atoms with Gasteiger partial charge in [-0.1, -0.05) is 41.4 Å². The van der Waals surface area contributed by atoms with E-state index in [1.54, 1.807) is 0 Å². The zero-order valence-corrected chi connectivity index (χ0v) is 12.2. The number of halogens is 2. The van der Waals surface area contributed by atoms with Crippen LogP contribution < -0.4 is 10.6 Å². The number of para-hydroxylation sites is 2. The quantitative estimate of drug-likeness (QED) is 0.835. The molecule has 2 aromatic carbocycles. The molecule has 2 nitrogen and oxygen atoms in total. The van der Waals surface area contributed by atoms with Crippen molar-refractivity contribution in [2.24, 2.45) is 0 Å². The van der Waals surface area contributed by atoms with Crippen LogP contribution in [0.25, 0.3) is 0 Å². The summed E-state index contributed by atoms with van der Waals surface area (Å²) in [6, 6.07) is 13.6. The zero-order chi connectivity index (χ0) is 13.8. The molecule has 0 amide bonds. The summed E-state index contributed by atoms with van der Waals surface area (Å²) in [6.07, 6.45) is 0. The lowest BCUT2D eigenvalue weighted by Crippen LogP contribution is -2.22. The molecule has 100 valence electrons. The van der Waals surface area contributed by atoms with Gasteiger partial charge in [0.25, 0.3) is 0 Å². The summed E-state index contributed by atoms with van der Waals surface area (Å²) in [6.45, 7) is 3.72. The van der Waals surface area contributed by atoms with E-state index in [1.165, 1.54) is 0 Å². The van der Waals surface area contributed by atoms with E-state index in [0.29, 0.717) is 10.0 Å². The molecule has 0 fully saturated rings. The average Bonchev–Trinajstić information content (AvgIpc) is 2.41. The summed E-state index contributed by atoms with van der Waals surface area (Å²) in [4.78, 5) is 2.20. The summed E-state index contributed by atoms with van der Waals surface area (Å²) >= 11 is 12.0. The van der Waals surface area contributed by atoms with Crippen LogP contribution in [0, 0.1) is 0 Å². The van der Waals surface area contributed by atoms with Crippen LogP contribution in [0.4, 0.5) is 11.4 Å². The van der Waals surface area contributed by atoms with Crippen LogP contribution in [0.5, 0.6) is 0 Å². The summed E-state index contributed by atoms with van der Waals surface area (Å²) in [5.74, 6) is 0. The maximum absolute atomic E-state index is 6.04. The standard InChI is InChI=1S/C15H16Cl2N2/c1-2-19(15-6-4-3-5-14(15)18)10-11-7-8-12(16)13(17)9-11/h3-9H,2,10,18H2,1H3. The third kappa shape index (κ3) is 3.34. The number of rotatable bonds is 4. The molecular formula is C15H16Cl2N2. The number of hydrogen-bond donors (Lipinski definition) is 1. The van der Waals surface area contributed by atoms with Crippen LogP contribution in [-0.2, 0) is 6.54 Å². The first-order valence-corrected chi connectivity index (χ1v) is 6.90. The van der Waals surface area contributed by atoms with Gasteiger partial charge in [0.2, 0.25) is 0 Å². The van der Waals surface area contributed by atoms with Gasteiger partial charge in [-0.25, -0.2) is 0 Å². The molecule has 2 N–H and O–H groups in total. The van der Waals surface area contributed by atoms with Crippen molar-refractivity contribution in [3.05, 3.63) is 58.1 Å². The molecule has 0 aliphatic rings. The molecule has 0 saturated heterocycles. The van der Waals surface area contributed by atoms with Gasteiger partial charge in [0.05, 0.1) is 21.4 Å². The first-order chi connectivity index (χ1) is 9.11. The van der Waals surface area contributed by atoms with Crippen molar-refractivity contribution in [2.45, 2.75) is 13.5 Å². The summed E-state index contributed by atoms with van der Waals surface area (Å²) in [5.41, 5.74) is 8.95. The van der Waals surface area contributed by atoms with Gasteiger partial charge in [-0.3, -0.25) is 0 Å². The van der Waals surface area contributed by atoms with E-state index in [4.69, 9.17) is 28.9 Å². The van der Waals surface area contributed by atoms with E-state index in [-0.39, 0.29) is 0 Å². The molecule has 2 rings (SSSR count). The van der Waals surface area contributed by atoms with E-state index in [1.807, 2.05) is 42.5 Å². The van der Waals surface area contributed by atoms with Crippen LogP contribution in [0.15, 0.2) is 42.5 Å². The topological polar surface area (TPSA) is 29.3 Å². The normalized spacial score (nSPS) is 10.5. The summed E-state index contributed by atoms with van der Waals surface area (Å²) in [5, 5.41) is 1.16. The lowest BCUT2D eigenvalue weighted by atomic mass is 10.2. The minimum atomic E-state index is 0.577. The van der Waals surface area contributed by atoms with Crippen molar-refractivity contribution < 1.29 is 0 Å². The van der Waals surface area contributed by atoms with Crippen molar-refractivity contribution in [2.75, 3.05) is 17.2 Å². The van der Waals surface area contributed by atoms with Gasteiger partial charge in [0.15, 0.2) is 0 Å². The Bertz CT molecular complexity index is 570. The number of benzene rings is 2. The highest BCUT2D eigenvalue weighted by atomic mass is 35.5. The molecule has 0 radical (unpaired) electrons. The number of nitrogens with two attached hydrogens (primary N) is 1. The second kappa shape index (κ2) is 6.18. The van der Waals surface area contributed by atoms with Crippen LogP contribution in [0.1, 0.15) is 12.5 Å². The van der Waals surface area contributed by atoms with Crippen molar-refractivity contribution in [3.63, 3.8) is 0 Å². The Balaban J connectivity index is 2.24. The molecule has 0 saturated carbocycles. The lowest BCUT2D eigenvalue weighted by molar-refractivity contribution is 0.833. The van der Waals surface area contributed by atoms with Gasteiger partial charge in [-0.05, 0) is 36.8 Å². The Morgan fingerprint density at radius 3 is 2.42 bits per heavy atom. The lowest BCUT2D eigenvalue weighted by Gasteiger charge is -2.24. The second-order valence-electron chi connectivity index (χ2n) is 4.32. The van der Waals surface area contributed by atoms with Crippen LogP contribution >= 0.6 is 23.2 Å². The predicted octanol–water partition coefficient (Wildman–Crippen LogP) is 4.60. The highest BCUT2D eigenvalue weighted by Crippen LogP contribution is 2.27. The Morgan fingerprint density at radius 2 is 1.79 bits per heavy atom. The van der Waals surface area contributed by atoms with Crippen molar-refractivity contribution in [3.8, 4) is 0 Å². The van der Waals surface area contributed by atoms with E-state index in [0.717, 1.165) is 30.0 Å². The van der Waals surface area contributed by atoms with Gasteiger partial charge >= 0.3 is 0 Å².